The van der Waals surface area contributed by atoms with Crippen LogP contribution in [0.4, 0.5) is 28.4 Å². The molecule has 2 heterocycles. The van der Waals surface area contributed by atoms with Gasteiger partial charge in [-0.2, -0.15) is 18.4 Å². The molecule has 5 aliphatic rings. The molecule has 2 saturated carbocycles. The van der Waals surface area contributed by atoms with Crippen LogP contribution >= 0.6 is 0 Å². The number of carbonyl (C=O) groups is 9. The molecule has 8 rings (SSSR count). The molecule has 11 atom stereocenters. The number of nitrogens with one attached hydrogen (secondary N) is 1. The molecule has 0 aromatic heterocycles. The number of ketones is 1. The summed E-state index contributed by atoms with van der Waals surface area (Å²) in [5.74, 6) is -3.77. The van der Waals surface area contributed by atoms with E-state index in [0.29, 0.717) is 11.0 Å². The normalized spacial score (nSPS) is 27.1. The Morgan fingerprint density at radius 1 is 0.879 bits per heavy atom. The monoisotopic (exact) mass is 1270 g/mol. The number of carbonyl (C=O) groups excluding carboxylic acids is 9. The summed E-state index contributed by atoms with van der Waals surface area (Å²) in [6.45, 7) is 12.8. The Hall–Kier alpha value is -8.69. The van der Waals surface area contributed by atoms with Crippen LogP contribution in [0.3, 0.4) is 0 Å². The third-order valence-corrected chi connectivity index (χ3v) is 17.7. The molecular formula is C65H71F3N4O19. The molecule has 4 N–H and O–H groups in total. The summed E-state index contributed by atoms with van der Waals surface area (Å²) in [5.41, 5.74) is -13.7. The lowest BCUT2D eigenvalue weighted by Gasteiger charge is -2.67. The fourth-order valence-electron chi connectivity index (χ4n) is 12.9. The predicted molar refractivity (Wildman–Crippen MR) is 310 cm³/mol. The number of anilines is 1. The van der Waals surface area contributed by atoms with E-state index < -0.39 is 197 Å². The van der Waals surface area contributed by atoms with E-state index in [1.54, 1.807) is 57.2 Å². The lowest BCUT2D eigenvalue weighted by atomic mass is 9.44. The predicted octanol–water partition coefficient (Wildman–Crippen LogP) is 6.67. The first kappa shape index (κ1) is 68.2. The highest BCUT2D eigenvalue weighted by molar-refractivity contribution is 6.23. The van der Waals surface area contributed by atoms with Crippen molar-refractivity contribution in [2.75, 3.05) is 24.7 Å². The standard InChI is InChI=1S/C65H71F3N4O19/c1-35-42(87-55(80)49(77)48(37-20-13-11-14-21-37)70-57(82)91-59(3,4)5)32-64(84)53(89-54(79)38-22-15-12-16-23-38)51-62(10,43(74)31-44-63(51,34-86-44)90-36(2)73)52(78)50(47(35)60(64,6)7)88-46(76)25-19-24-45(75)85-29-18-17-28-71-58(83)72(56(81)61(71,8)9)40-27-26-39(33-69)41(30-40)65(66,67)68/h11-16,20-23,26-27,30,42-44,48-51,53,74,77,84H,19,24-25,28-29,31-32,34H2,1-10H3,(H,70,82)/t42-,43-,44?,48-,49+,50+,51-,53-,62+,63-,64+/m0/s1. The summed E-state index contributed by atoms with van der Waals surface area (Å²) in [6, 6.07) is 16.8. The van der Waals surface area contributed by atoms with Crippen molar-refractivity contribution in [3.05, 3.63) is 112 Å². The van der Waals surface area contributed by atoms with Crippen LogP contribution in [0.2, 0.25) is 0 Å². The molecule has 4 fully saturated rings. The van der Waals surface area contributed by atoms with Gasteiger partial charge < -0.3 is 53.8 Å². The molecule has 2 aliphatic heterocycles. The summed E-state index contributed by atoms with van der Waals surface area (Å²) in [6.07, 6.45) is -19.2. The van der Waals surface area contributed by atoms with Gasteiger partial charge in [0, 0.05) is 38.0 Å². The minimum Gasteiger partial charge on any atom is -0.456 e. The molecule has 26 heteroatoms. The number of hydrogen-bond acceptors (Lipinski definition) is 20. The van der Waals surface area contributed by atoms with E-state index in [1.807, 2.05) is 0 Å². The van der Waals surface area contributed by atoms with Crippen molar-refractivity contribution in [2.24, 2.45) is 16.7 Å². The molecule has 2 bridgehead atoms. The fraction of sp³-hybridized carbons (Fsp3) is 0.508. The van der Waals surface area contributed by atoms with Crippen LogP contribution in [0.5, 0.6) is 0 Å². The van der Waals surface area contributed by atoms with Gasteiger partial charge in [0.2, 0.25) is 0 Å². The Kier molecular flexibility index (Phi) is 19.1. The first-order valence-corrected chi connectivity index (χ1v) is 29.2. The molecule has 0 radical (unpaired) electrons. The molecule has 486 valence electrons. The van der Waals surface area contributed by atoms with Gasteiger partial charge in [0.05, 0.1) is 65.1 Å². The van der Waals surface area contributed by atoms with E-state index in [4.69, 9.17) is 33.2 Å². The van der Waals surface area contributed by atoms with E-state index >= 15 is 4.79 Å². The molecule has 3 aromatic carbocycles. The topological polar surface area (TPSA) is 321 Å². The van der Waals surface area contributed by atoms with Crippen LogP contribution in [0, 0.1) is 39.9 Å². The quantitative estimate of drug-likeness (QED) is 0.0383. The number of esters is 5. The highest BCUT2D eigenvalue weighted by Crippen LogP contribution is 2.64. The number of Topliss-reactive ketones (excluding diaryl/α,β-unsaturated/α-hetero) is 1. The summed E-state index contributed by atoms with van der Waals surface area (Å²) in [4.78, 5) is 128. The summed E-state index contributed by atoms with van der Waals surface area (Å²) < 4.78 is 82.9. The number of nitrogens with zero attached hydrogens (tertiary/aromatic N) is 3. The van der Waals surface area contributed by atoms with Gasteiger partial charge in [0.15, 0.2) is 30.2 Å². The molecule has 2 saturated heterocycles. The second kappa shape index (κ2) is 25.5. The van der Waals surface area contributed by atoms with Crippen LogP contribution in [-0.2, 0) is 68.1 Å². The van der Waals surface area contributed by atoms with E-state index in [1.165, 1.54) is 71.9 Å². The zero-order valence-corrected chi connectivity index (χ0v) is 51.6. The maximum Gasteiger partial charge on any atom is 0.417 e. The Balaban J connectivity index is 1.08. The molecule has 3 aliphatic carbocycles. The van der Waals surface area contributed by atoms with Gasteiger partial charge in [-0.3, -0.25) is 28.9 Å². The van der Waals surface area contributed by atoms with Gasteiger partial charge >= 0.3 is 48.1 Å². The van der Waals surface area contributed by atoms with Gasteiger partial charge in [0.25, 0.3) is 5.91 Å². The summed E-state index contributed by atoms with van der Waals surface area (Å²) in [5, 5.41) is 50.1. The third-order valence-electron chi connectivity index (χ3n) is 17.7. The lowest BCUT2D eigenvalue weighted by Crippen LogP contribution is -2.82. The van der Waals surface area contributed by atoms with Crippen LogP contribution in [-0.4, -0.2) is 153 Å². The number of rotatable bonds is 16. The Labute approximate surface area is 522 Å². The van der Waals surface area contributed by atoms with Gasteiger partial charge in [-0.25, -0.2) is 24.1 Å². The molecule has 3 aromatic rings. The number of nitriles is 1. The van der Waals surface area contributed by atoms with Gasteiger partial charge in [-0.1, -0.05) is 74.2 Å². The van der Waals surface area contributed by atoms with E-state index in [-0.39, 0.29) is 35.1 Å². The van der Waals surface area contributed by atoms with Gasteiger partial charge in [-0.15, -0.1) is 0 Å². The fourth-order valence-corrected chi connectivity index (χ4v) is 12.9. The number of alkyl carbamates (subject to hydrolysis) is 1. The maximum absolute atomic E-state index is 16.1. The zero-order chi connectivity index (χ0) is 67.1. The smallest absolute Gasteiger partial charge is 0.417 e. The molecule has 1 unspecified atom stereocenters. The van der Waals surface area contributed by atoms with Crippen LogP contribution in [0.25, 0.3) is 0 Å². The summed E-state index contributed by atoms with van der Waals surface area (Å²) >= 11 is 0. The second-order valence-electron chi connectivity index (χ2n) is 25.3. The molecular weight excluding hydrogens is 1200 g/mol. The lowest BCUT2D eigenvalue weighted by molar-refractivity contribution is -0.346. The van der Waals surface area contributed by atoms with Crippen molar-refractivity contribution >= 4 is 59.3 Å². The van der Waals surface area contributed by atoms with Crippen molar-refractivity contribution in [3.63, 3.8) is 0 Å². The van der Waals surface area contributed by atoms with Crippen LogP contribution < -0.4 is 10.2 Å². The van der Waals surface area contributed by atoms with Crippen LogP contribution in [0.15, 0.2) is 90.0 Å². The summed E-state index contributed by atoms with van der Waals surface area (Å²) in [7, 11) is 0. The van der Waals surface area contributed by atoms with E-state index in [0.717, 1.165) is 24.0 Å². The molecule has 23 nitrogen and oxygen atoms in total. The van der Waals surface area contributed by atoms with Crippen molar-refractivity contribution in [1.29, 1.82) is 5.26 Å². The zero-order valence-electron chi connectivity index (χ0n) is 51.6. The Morgan fingerprint density at radius 2 is 1.52 bits per heavy atom. The molecule has 4 amide bonds. The number of halogens is 3. The molecule has 91 heavy (non-hydrogen) atoms. The number of hydrogen-bond donors (Lipinski definition) is 4. The van der Waals surface area contributed by atoms with E-state index in [9.17, 15) is 72.1 Å². The van der Waals surface area contributed by atoms with Gasteiger partial charge in [-0.05, 0) is 102 Å². The number of alkyl halides is 3. The molecule has 0 spiro atoms. The van der Waals surface area contributed by atoms with Crippen molar-refractivity contribution in [2.45, 2.75) is 173 Å². The first-order valence-electron chi connectivity index (χ1n) is 29.2. The maximum atomic E-state index is 16.1. The highest BCUT2D eigenvalue weighted by atomic mass is 19.4. The number of benzene rings is 3. The number of imide groups is 1. The Bertz CT molecular complexity index is 3550. The minimum absolute atomic E-state index is 0.00915. The second-order valence-corrected chi connectivity index (χ2v) is 25.3. The van der Waals surface area contributed by atoms with Crippen molar-refractivity contribution < 1.29 is 105 Å². The number of ether oxygens (including phenoxy) is 7. The van der Waals surface area contributed by atoms with Gasteiger partial charge in [0.1, 0.15) is 35.1 Å². The average molecular weight is 1270 g/mol. The van der Waals surface area contributed by atoms with Crippen molar-refractivity contribution in [1.82, 2.24) is 10.2 Å². The average Bonchev–Trinajstić information content (AvgIpc) is 1.15. The number of aliphatic hydroxyl groups excluding tert-OH is 2. The SMILES string of the molecule is CC(=O)O[C@@]12COC1C[C@H](O)[C@@]1(C)C(=O)[C@H](OC(=O)CCCC(=O)OCC#CCN3C(=O)N(c4ccc(C#N)c(C(F)(F)F)c4)C(=O)C3(C)C)C3=C(C)[C@@H](OC(=O)[C@H](O)[C@@H](NC(=O)OC(C)(C)C)c4ccccc4)C[C@@](O)([C@@H](OC(=O)c4ccccc4)[C@@H]12)C3(C)C. The first-order chi connectivity index (χ1) is 42.5. The number of urea groups is 1. The third kappa shape index (κ3) is 13.0. The van der Waals surface area contributed by atoms with Crippen LogP contribution in [0.1, 0.15) is 134 Å². The van der Waals surface area contributed by atoms with Crippen molar-refractivity contribution in [3.8, 4) is 17.9 Å². The van der Waals surface area contributed by atoms with E-state index in [2.05, 4.69) is 17.2 Å². The number of aliphatic hydroxyl groups is 3. The number of fused-ring (bicyclic) bond motifs is 5. The highest BCUT2D eigenvalue weighted by Gasteiger charge is 2.78. The minimum atomic E-state index is -4.97. The Morgan fingerprint density at radius 3 is 2.11 bits per heavy atom. The largest absolute Gasteiger partial charge is 0.456 e. The number of amides is 4.